The highest BCUT2D eigenvalue weighted by molar-refractivity contribution is 5.98. The molecular weight excluding hydrogens is 320 g/mol. The summed E-state index contributed by atoms with van der Waals surface area (Å²) in [5.74, 6) is 0.406. The third kappa shape index (κ3) is 1.62. The number of ketones is 2. The average Bonchev–Trinajstić information content (AvgIpc) is 2.65. The van der Waals surface area contributed by atoms with Gasteiger partial charge in [0.1, 0.15) is 6.10 Å². The highest BCUT2D eigenvalue weighted by atomic mass is 17.2. The molecule has 1 N–H and O–H groups in total. The number of carbonyl (C=O) groups excluding carboxylic acids is 2. The molecule has 7 rings (SSSR count). The number of hydrogen-bond donors (Lipinski definition) is 1. The van der Waals surface area contributed by atoms with Gasteiger partial charge in [-0.05, 0) is 41.9 Å². The number of aliphatic hydroxyl groups is 1. The first-order valence-electron chi connectivity index (χ1n) is 9.68. The fraction of sp³-hybridized carbons (Fsp3) is 0.900. The lowest BCUT2D eigenvalue weighted by atomic mass is 9.41. The molecule has 1 spiro atoms. The minimum Gasteiger partial charge on any atom is -0.379 e. The lowest BCUT2D eigenvalue weighted by Gasteiger charge is -2.64. The van der Waals surface area contributed by atoms with E-state index < -0.39 is 17.3 Å². The van der Waals surface area contributed by atoms with Crippen molar-refractivity contribution in [1.29, 1.82) is 0 Å². The molecule has 0 aromatic rings. The second-order valence-corrected chi connectivity index (χ2v) is 10.5. The first-order chi connectivity index (χ1) is 11.5. The Labute approximate surface area is 148 Å². The van der Waals surface area contributed by atoms with Gasteiger partial charge in [-0.2, -0.15) is 0 Å². The zero-order valence-electron chi connectivity index (χ0n) is 15.5. The van der Waals surface area contributed by atoms with Gasteiger partial charge in [0, 0.05) is 24.7 Å². The summed E-state index contributed by atoms with van der Waals surface area (Å²) in [4.78, 5) is 37.8. The molecule has 1 aliphatic heterocycles. The Bertz CT molecular complexity index is 682. The molecule has 0 aromatic heterocycles. The standard InChI is InChI=1S/C20H28O5/c1-17(2)10-5-12(17)19(14(21)7-10)9-15(22)20(23)13-6-11(18(13,3)4)8-16(20)24-25-19/h10-13,16,23H,5-9H2,1-4H3/t10-,11-,12-,13-,16+,19-,20-/m1/s1. The number of carbonyl (C=O) groups is 2. The van der Waals surface area contributed by atoms with Gasteiger partial charge in [-0.25, -0.2) is 9.78 Å². The number of fused-ring (bicyclic) bond motifs is 1. The summed E-state index contributed by atoms with van der Waals surface area (Å²) in [6.07, 6.45) is 2.12. The Kier molecular flexibility index (Phi) is 2.87. The zero-order valence-corrected chi connectivity index (χ0v) is 15.5. The van der Waals surface area contributed by atoms with Crippen LogP contribution in [0.5, 0.6) is 0 Å². The lowest BCUT2D eigenvalue weighted by molar-refractivity contribution is -0.423. The van der Waals surface area contributed by atoms with Crippen molar-refractivity contribution in [3.05, 3.63) is 0 Å². The van der Waals surface area contributed by atoms with Crippen LogP contribution in [0.3, 0.4) is 0 Å². The second kappa shape index (κ2) is 4.37. The van der Waals surface area contributed by atoms with Crippen LogP contribution in [-0.2, 0) is 19.4 Å². The van der Waals surface area contributed by atoms with Gasteiger partial charge in [0.2, 0.25) is 0 Å². The van der Waals surface area contributed by atoms with Crippen molar-refractivity contribution in [3.8, 4) is 0 Å². The van der Waals surface area contributed by atoms with Crippen molar-refractivity contribution in [3.63, 3.8) is 0 Å². The van der Waals surface area contributed by atoms with Crippen LogP contribution in [0.15, 0.2) is 0 Å². The van der Waals surface area contributed by atoms with Crippen molar-refractivity contribution in [1.82, 2.24) is 0 Å². The average molecular weight is 348 g/mol. The van der Waals surface area contributed by atoms with Crippen molar-refractivity contribution in [2.45, 2.75) is 77.1 Å². The van der Waals surface area contributed by atoms with Gasteiger partial charge in [0.15, 0.2) is 22.8 Å². The maximum atomic E-state index is 13.3. The van der Waals surface area contributed by atoms with Gasteiger partial charge in [-0.1, -0.05) is 27.7 Å². The van der Waals surface area contributed by atoms with Gasteiger partial charge >= 0.3 is 0 Å². The van der Waals surface area contributed by atoms with Crippen molar-refractivity contribution in [2.75, 3.05) is 0 Å². The molecule has 6 saturated carbocycles. The van der Waals surface area contributed by atoms with E-state index in [0.29, 0.717) is 24.7 Å². The van der Waals surface area contributed by atoms with Gasteiger partial charge in [-0.3, -0.25) is 9.59 Å². The summed E-state index contributed by atoms with van der Waals surface area (Å²) < 4.78 is 0. The predicted octanol–water partition coefficient (Wildman–Crippen LogP) is 2.45. The van der Waals surface area contributed by atoms with Crippen LogP contribution in [-0.4, -0.2) is 34.0 Å². The van der Waals surface area contributed by atoms with Crippen LogP contribution >= 0.6 is 0 Å². The molecule has 1 heterocycles. The Morgan fingerprint density at radius 2 is 1.56 bits per heavy atom. The molecule has 4 bridgehead atoms. The van der Waals surface area contributed by atoms with Crippen LogP contribution in [0.1, 0.15) is 59.8 Å². The lowest BCUT2D eigenvalue weighted by Crippen LogP contribution is -2.71. The minimum atomic E-state index is -1.52. The van der Waals surface area contributed by atoms with Crippen LogP contribution < -0.4 is 0 Å². The summed E-state index contributed by atoms with van der Waals surface area (Å²) in [5.41, 5.74) is -2.82. The topological polar surface area (TPSA) is 72.8 Å². The van der Waals surface area contributed by atoms with E-state index in [2.05, 4.69) is 27.7 Å². The molecule has 0 unspecified atom stereocenters. The third-order valence-electron chi connectivity index (χ3n) is 9.11. The molecule has 1 saturated heterocycles. The molecule has 25 heavy (non-hydrogen) atoms. The quantitative estimate of drug-likeness (QED) is 0.681. The fourth-order valence-electron chi connectivity index (χ4n) is 6.94. The van der Waals surface area contributed by atoms with Crippen molar-refractivity contribution >= 4 is 11.6 Å². The van der Waals surface area contributed by atoms with Gasteiger partial charge in [0.05, 0.1) is 0 Å². The van der Waals surface area contributed by atoms with Crippen LogP contribution in [0.25, 0.3) is 0 Å². The van der Waals surface area contributed by atoms with E-state index in [1.54, 1.807) is 0 Å². The number of rotatable bonds is 0. The Balaban J connectivity index is 1.54. The maximum Gasteiger partial charge on any atom is 0.172 e. The number of hydrogen-bond acceptors (Lipinski definition) is 5. The molecule has 7 atom stereocenters. The molecular formula is C20H28O5. The molecule has 6 aliphatic carbocycles. The molecule has 0 amide bonds. The molecule has 7 fully saturated rings. The SMILES string of the molecule is CC1(C)[C@H]2C[C@@H]3OO[C@@]4(CC(=O)[C@]3(O)[C@@H]1C2)C(=O)C[C@H]1C[C@@H]4C1(C)C. The van der Waals surface area contributed by atoms with E-state index in [4.69, 9.17) is 9.78 Å². The Hall–Kier alpha value is -0.780. The molecule has 0 aromatic carbocycles. The Morgan fingerprint density at radius 1 is 0.920 bits per heavy atom. The second-order valence-electron chi connectivity index (χ2n) is 10.5. The van der Waals surface area contributed by atoms with E-state index >= 15 is 0 Å². The molecule has 5 heteroatoms. The van der Waals surface area contributed by atoms with E-state index in [0.717, 1.165) is 12.8 Å². The summed E-state index contributed by atoms with van der Waals surface area (Å²) in [7, 11) is 0. The van der Waals surface area contributed by atoms with E-state index in [1.807, 2.05) is 0 Å². The van der Waals surface area contributed by atoms with Crippen LogP contribution in [0.2, 0.25) is 0 Å². The molecule has 5 nitrogen and oxygen atoms in total. The van der Waals surface area contributed by atoms with E-state index in [1.165, 1.54) is 0 Å². The molecule has 7 aliphatic rings. The highest BCUT2D eigenvalue weighted by Crippen LogP contribution is 2.67. The third-order valence-corrected chi connectivity index (χ3v) is 9.11. The summed E-state index contributed by atoms with van der Waals surface area (Å²) >= 11 is 0. The summed E-state index contributed by atoms with van der Waals surface area (Å²) in [6.45, 7) is 8.56. The first-order valence-corrected chi connectivity index (χ1v) is 9.68. The predicted molar refractivity (Wildman–Crippen MR) is 88.3 cm³/mol. The fourth-order valence-corrected chi connectivity index (χ4v) is 6.94. The monoisotopic (exact) mass is 348 g/mol. The largest absolute Gasteiger partial charge is 0.379 e. The minimum absolute atomic E-state index is 0.0121. The zero-order chi connectivity index (χ0) is 18.0. The summed E-state index contributed by atoms with van der Waals surface area (Å²) in [6, 6.07) is 0. The van der Waals surface area contributed by atoms with Gasteiger partial charge in [0.25, 0.3) is 0 Å². The van der Waals surface area contributed by atoms with Gasteiger partial charge in [-0.15, -0.1) is 0 Å². The summed E-state index contributed by atoms with van der Waals surface area (Å²) in [5, 5.41) is 11.4. The smallest absolute Gasteiger partial charge is 0.172 e. The molecule has 0 radical (unpaired) electrons. The Morgan fingerprint density at radius 3 is 2.20 bits per heavy atom. The molecule has 138 valence electrons. The normalized spacial score (nSPS) is 55.0. The van der Waals surface area contributed by atoms with E-state index in [9.17, 15) is 14.7 Å². The van der Waals surface area contributed by atoms with E-state index in [-0.39, 0.29) is 40.7 Å². The van der Waals surface area contributed by atoms with Crippen molar-refractivity contribution in [2.24, 2.45) is 34.5 Å². The maximum absolute atomic E-state index is 13.3. The van der Waals surface area contributed by atoms with Crippen molar-refractivity contribution < 1.29 is 24.5 Å². The van der Waals surface area contributed by atoms with Crippen LogP contribution in [0, 0.1) is 34.5 Å². The van der Waals surface area contributed by atoms with Gasteiger partial charge < -0.3 is 5.11 Å². The highest BCUT2D eigenvalue weighted by Gasteiger charge is 2.74. The van der Waals surface area contributed by atoms with Crippen LogP contribution in [0.4, 0.5) is 0 Å². The first kappa shape index (κ1) is 16.4. The number of Topliss-reactive ketones (excluding diaryl/α,β-unsaturated/α-hetero) is 2.